The Bertz CT molecular complexity index is 819. The molecule has 1 aromatic heterocycles. The first-order valence-electron chi connectivity index (χ1n) is 7.09. The Balaban J connectivity index is 1.84. The predicted octanol–water partition coefficient (Wildman–Crippen LogP) is 4.55. The zero-order valence-corrected chi connectivity index (χ0v) is 15.3. The first-order chi connectivity index (χ1) is 11.2. The largest absolute Gasteiger partial charge is 0.496 e. The van der Waals surface area contributed by atoms with Gasteiger partial charge in [0.05, 0.1) is 12.7 Å². The number of methoxy groups -OCH3 is 1. The maximum absolute atomic E-state index is 5.41. The van der Waals surface area contributed by atoms with E-state index >= 15 is 0 Å². The lowest BCUT2D eigenvalue weighted by atomic mass is 10.2. The predicted molar refractivity (Wildman–Crippen MR) is 96.7 cm³/mol. The number of rotatable bonds is 5. The molecule has 0 saturated carbocycles. The van der Waals surface area contributed by atoms with E-state index in [0.717, 1.165) is 32.5 Å². The summed E-state index contributed by atoms with van der Waals surface area (Å²) in [5, 5.41) is 9.52. The molecule has 0 N–H and O–H groups in total. The van der Waals surface area contributed by atoms with Crippen LogP contribution in [0.1, 0.15) is 5.56 Å². The van der Waals surface area contributed by atoms with E-state index < -0.39 is 0 Å². The third-order valence-electron chi connectivity index (χ3n) is 3.50. The molecule has 0 aliphatic carbocycles. The molecule has 0 radical (unpaired) electrons. The number of hydrogen-bond acceptors (Lipinski definition) is 4. The number of thioether (sulfide) groups is 1. The van der Waals surface area contributed by atoms with Crippen molar-refractivity contribution in [3.63, 3.8) is 0 Å². The molecule has 0 saturated heterocycles. The van der Waals surface area contributed by atoms with Crippen LogP contribution in [0.3, 0.4) is 0 Å². The molecular formula is C17H16BrN3OS. The topological polar surface area (TPSA) is 39.9 Å². The number of ether oxygens (including phenoxy) is 1. The Morgan fingerprint density at radius 2 is 1.83 bits per heavy atom. The van der Waals surface area contributed by atoms with Crippen LogP contribution in [0.5, 0.6) is 5.75 Å². The zero-order chi connectivity index (χ0) is 16.2. The number of para-hydroxylation sites is 1. The molecule has 118 valence electrons. The van der Waals surface area contributed by atoms with E-state index in [4.69, 9.17) is 4.74 Å². The van der Waals surface area contributed by atoms with Gasteiger partial charge in [0.25, 0.3) is 0 Å². The summed E-state index contributed by atoms with van der Waals surface area (Å²) in [5.74, 6) is 2.43. The van der Waals surface area contributed by atoms with Crippen LogP contribution in [0, 0.1) is 0 Å². The molecule has 23 heavy (non-hydrogen) atoms. The standard InChI is InChI=1S/C17H16BrN3OS/c1-21-16(13-8-4-6-10-15(13)22-2)19-20-17(21)23-11-12-7-3-5-9-14(12)18/h3-10H,11H2,1-2H3. The van der Waals surface area contributed by atoms with Crippen molar-refractivity contribution in [3.05, 3.63) is 58.6 Å². The van der Waals surface area contributed by atoms with Crippen molar-refractivity contribution in [1.82, 2.24) is 14.8 Å². The van der Waals surface area contributed by atoms with Gasteiger partial charge in [0.15, 0.2) is 11.0 Å². The first-order valence-corrected chi connectivity index (χ1v) is 8.87. The zero-order valence-electron chi connectivity index (χ0n) is 12.9. The van der Waals surface area contributed by atoms with Gasteiger partial charge >= 0.3 is 0 Å². The van der Waals surface area contributed by atoms with Gasteiger partial charge in [-0.15, -0.1) is 10.2 Å². The quantitative estimate of drug-likeness (QED) is 0.600. The molecule has 0 atom stereocenters. The summed E-state index contributed by atoms with van der Waals surface area (Å²) < 4.78 is 8.53. The summed E-state index contributed by atoms with van der Waals surface area (Å²) in [5.41, 5.74) is 2.18. The second-order valence-electron chi connectivity index (χ2n) is 4.95. The van der Waals surface area contributed by atoms with Crippen molar-refractivity contribution in [2.45, 2.75) is 10.9 Å². The summed E-state index contributed by atoms with van der Waals surface area (Å²) in [7, 11) is 3.64. The van der Waals surface area contributed by atoms with E-state index in [0.29, 0.717) is 0 Å². The molecule has 0 aliphatic heterocycles. The minimum Gasteiger partial charge on any atom is -0.496 e. The van der Waals surface area contributed by atoms with Gasteiger partial charge in [-0.1, -0.05) is 58.0 Å². The average molecular weight is 390 g/mol. The molecule has 0 aliphatic rings. The Hall–Kier alpha value is -1.79. The third kappa shape index (κ3) is 3.43. The van der Waals surface area contributed by atoms with Gasteiger partial charge in [-0.2, -0.15) is 0 Å². The van der Waals surface area contributed by atoms with Gasteiger partial charge in [-0.05, 0) is 23.8 Å². The molecule has 6 heteroatoms. The smallest absolute Gasteiger partial charge is 0.191 e. The maximum Gasteiger partial charge on any atom is 0.191 e. The van der Waals surface area contributed by atoms with Gasteiger partial charge in [-0.3, -0.25) is 0 Å². The second kappa shape index (κ2) is 7.19. The third-order valence-corrected chi connectivity index (χ3v) is 5.34. The van der Waals surface area contributed by atoms with Crippen LogP contribution in [0.25, 0.3) is 11.4 Å². The Morgan fingerprint density at radius 1 is 1.09 bits per heavy atom. The Kier molecular flexibility index (Phi) is 5.03. The lowest BCUT2D eigenvalue weighted by Gasteiger charge is -2.08. The Morgan fingerprint density at radius 3 is 2.61 bits per heavy atom. The van der Waals surface area contributed by atoms with Crippen molar-refractivity contribution in [2.24, 2.45) is 7.05 Å². The van der Waals surface area contributed by atoms with E-state index in [1.54, 1.807) is 18.9 Å². The summed E-state index contributed by atoms with van der Waals surface area (Å²) in [4.78, 5) is 0. The lowest BCUT2D eigenvalue weighted by Crippen LogP contribution is -1.97. The van der Waals surface area contributed by atoms with E-state index in [9.17, 15) is 0 Å². The highest BCUT2D eigenvalue weighted by atomic mass is 79.9. The van der Waals surface area contributed by atoms with Crippen molar-refractivity contribution >= 4 is 27.7 Å². The maximum atomic E-state index is 5.41. The van der Waals surface area contributed by atoms with Crippen molar-refractivity contribution in [2.75, 3.05) is 7.11 Å². The SMILES string of the molecule is COc1ccccc1-c1nnc(SCc2ccccc2Br)n1C. The lowest BCUT2D eigenvalue weighted by molar-refractivity contribution is 0.416. The highest BCUT2D eigenvalue weighted by Crippen LogP contribution is 2.31. The molecule has 3 aromatic rings. The molecule has 3 rings (SSSR count). The molecule has 0 bridgehead atoms. The summed E-state index contributed by atoms with van der Waals surface area (Å²) in [6, 6.07) is 16.0. The highest BCUT2D eigenvalue weighted by Gasteiger charge is 2.15. The van der Waals surface area contributed by atoms with Crippen LogP contribution < -0.4 is 4.74 Å². The summed E-state index contributed by atoms with van der Waals surface area (Å²) in [6.45, 7) is 0. The van der Waals surface area contributed by atoms with Crippen molar-refractivity contribution in [1.29, 1.82) is 0 Å². The fraction of sp³-hybridized carbons (Fsp3) is 0.176. The van der Waals surface area contributed by atoms with Gasteiger partial charge in [-0.25, -0.2) is 0 Å². The molecule has 0 unspecified atom stereocenters. The molecule has 0 spiro atoms. The van der Waals surface area contributed by atoms with E-state index in [1.807, 2.05) is 54.1 Å². The van der Waals surface area contributed by atoms with Crippen LogP contribution in [-0.2, 0) is 12.8 Å². The molecule has 0 amide bonds. The second-order valence-corrected chi connectivity index (χ2v) is 6.74. The van der Waals surface area contributed by atoms with Crippen LogP contribution in [0.2, 0.25) is 0 Å². The normalized spacial score (nSPS) is 10.7. The minimum atomic E-state index is 0.797. The summed E-state index contributed by atoms with van der Waals surface area (Å²) >= 11 is 5.24. The average Bonchev–Trinajstić information content (AvgIpc) is 2.95. The summed E-state index contributed by atoms with van der Waals surface area (Å²) in [6.07, 6.45) is 0. The van der Waals surface area contributed by atoms with E-state index in [-0.39, 0.29) is 0 Å². The monoisotopic (exact) mass is 389 g/mol. The van der Waals surface area contributed by atoms with Gasteiger partial charge < -0.3 is 9.30 Å². The molecular weight excluding hydrogens is 374 g/mol. The van der Waals surface area contributed by atoms with Crippen LogP contribution >= 0.6 is 27.7 Å². The molecule has 0 fully saturated rings. The van der Waals surface area contributed by atoms with Crippen LogP contribution in [0.4, 0.5) is 0 Å². The van der Waals surface area contributed by atoms with E-state index in [2.05, 4.69) is 32.2 Å². The number of hydrogen-bond donors (Lipinski definition) is 0. The number of aromatic nitrogens is 3. The van der Waals surface area contributed by atoms with Crippen LogP contribution in [-0.4, -0.2) is 21.9 Å². The fourth-order valence-corrected chi connectivity index (χ4v) is 3.79. The molecule has 2 aromatic carbocycles. The van der Waals surface area contributed by atoms with Gasteiger partial charge in [0.1, 0.15) is 5.75 Å². The van der Waals surface area contributed by atoms with Gasteiger partial charge in [0.2, 0.25) is 0 Å². The van der Waals surface area contributed by atoms with Crippen molar-refractivity contribution in [3.8, 4) is 17.1 Å². The Labute approximate surface area is 148 Å². The fourth-order valence-electron chi connectivity index (χ4n) is 2.26. The van der Waals surface area contributed by atoms with Gasteiger partial charge in [0, 0.05) is 17.3 Å². The van der Waals surface area contributed by atoms with Crippen LogP contribution in [0.15, 0.2) is 58.2 Å². The molecule has 1 heterocycles. The number of nitrogens with zero attached hydrogens (tertiary/aromatic N) is 3. The van der Waals surface area contributed by atoms with Crippen molar-refractivity contribution < 1.29 is 4.74 Å². The minimum absolute atomic E-state index is 0.797. The first kappa shape index (κ1) is 16.1. The number of halogens is 1. The molecule has 4 nitrogen and oxygen atoms in total. The highest BCUT2D eigenvalue weighted by molar-refractivity contribution is 9.10. The van der Waals surface area contributed by atoms with E-state index in [1.165, 1.54) is 5.56 Å². The number of benzene rings is 2.